The molecule has 0 saturated heterocycles. The standard InChI is InChI=1S/C11H10NO4S/c1-16-10-4-5-11(17(13,14)15)8-3-2-7(12)6-9(8)10/h2-6,12H,1H3,(H,13,14,15). The fourth-order valence-electron chi connectivity index (χ4n) is 1.70. The lowest BCUT2D eigenvalue weighted by molar-refractivity contribution is 0.419. The van der Waals surface area contributed by atoms with Crippen LogP contribution in [0.25, 0.3) is 10.8 Å². The molecule has 2 rings (SSSR count). The molecule has 89 valence electrons. The minimum absolute atomic E-state index is 0.187. The fourth-order valence-corrected chi connectivity index (χ4v) is 2.39. The Kier molecular flexibility index (Phi) is 2.68. The predicted octanol–water partition coefficient (Wildman–Crippen LogP) is 2.01. The molecule has 0 saturated carbocycles. The van der Waals surface area contributed by atoms with Crippen LogP contribution < -0.4 is 10.5 Å². The SMILES string of the molecule is COc1ccc(S(=O)(=O)O)c2ccc([NH])cc12. The smallest absolute Gasteiger partial charge is 0.295 e. The Labute approximate surface area is 98.6 Å². The topological polar surface area (TPSA) is 87.4 Å². The molecule has 0 unspecified atom stereocenters. The Morgan fingerprint density at radius 3 is 2.47 bits per heavy atom. The van der Waals surface area contributed by atoms with Crippen molar-refractivity contribution in [2.24, 2.45) is 0 Å². The first kappa shape index (κ1) is 11.7. The molecule has 1 radical (unpaired) electrons. The van der Waals surface area contributed by atoms with Crippen LogP contribution in [0.4, 0.5) is 5.69 Å². The second-order valence-corrected chi connectivity index (χ2v) is 4.89. The van der Waals surface area contributed by atoms with E-state index in [1.807, 2.05) is 0 Å². The molecule has 2 aromatic rings. The monoisotopic (exact) mass is 252 g/mol. The molecule has 5 nitrogen and oxygen atoms in total. The van der Waals surface area contributed by atoms with Gasteiger partial charge in [-0.3, -0.25) is 4.55 Å². The van der Waals surface area contributed by atoms with Gasteiger partial charge in [0.15, 0.2) is 0 Å². The lowest BCUT2D eigenvalue weighted by Gasteiger charge is -2.09. The van der Waals surface area contributed by atoms with E-state index in [-0.39, 0.29) is 10.6 Å². The van der Waals surface area contributed by atoms with Gasteiger partial charge in [-0.1, -0.05) is 6.07 Å². The van der Waals surface area contributed by atoms with Crippen LogP contribution in [-0.2, 0) is 10.1 Å². The third-order valence-corrected chi connectivity index (χ3v) is 3.35. The first-order valence-electron chi connectivity index (χ1n) is 4.73. The second-order valence-electron chi connectivity index (χ2n) is 3.50. The third kappa shape index (κ3) is 2.04. The van der Waals surface area contributed by atoms with Crippen LogP contribution in [0.15, 0.2) is 35.2 Å². The molecule has 0 aromatic heterocycles. The van der Waals surface area contributed by atoms with Gasteiger partial charge in [0, 0.05) is 10.8 Å². The lowest BCUT2D eigenvalue weighted by atomic mass is 10.1. The Bertz CT molecular complexity index is 679. The Morgan fingerprint density at radius 1 is 1.18 bits per heavy atom. The summed E-state index contributed by atoms with van der Waals surface area (Å²) in [5.41, 5.74) is 7.75. The number of hydrogen-bond donors (Lipinski definition) is 1. The van der Waals surface area contributed by atoms with E-state index in [9.17, 15) is 8.42 Å². The number of methoxy groups -OCH3 is 1. The van der Waals surface area contributed by atoms with Crippen molar-refractivity contribution in [3.8, 4) is 5.75 Å². The zero-order chi connectivity index (χ0) is 12.6. The number of fused-ring (bicyclic) bond motifs is 1. The molecule has 2 aromatic carbocycles. The summed E-state index contributed by atoms with van der Waals surface area (Å²) in [5, 5.41) is 0.818. The quantitative estimate of drug-likeness (QED) is 0.828. The highest BCUT2D eigenvalue weighted by Crippen LogP contribution is 2.32. The maximum atomic E-state index is 11.2. The van der Waals surface area contributed by atoms with Gasteiger partial charge in [-0.25, -0.2) is 0 Å². The summed E-state index contributed by atoms with van der Waals surface area (Å²) in [5.74, 6) is 0.460. The minimum Gasteiger partial charge on any atom is -0.496 e. The molecule has 0 heterocycles. The number of benzene rings is 2. The first-order valence-corrected chi connectivity index (χ1v) is 6.17. The number of rotatable bonds is 2. The number of nitrogens with one attached hydrogen (secondary N) is 1. The number of hydrogen-bond acceptors (Lipinski definition) is 3. The molecule has 17 heavy (non-hydrogen) atoms. The summed E-state index contributed by atoms with van der Waals surface area (Å²) in [6, 6.07) is 7.15. The summed E-state index contributed by atoms with van der Waals surface area (Å²) >= 11 is 0. The molecule has 0 spiro atoms. The minimum atomic E-state index is -4.28. The first-order chi connectivity index (χ1) is 7.93. The maximum Gasteiger partial charge on any atom is 0.295 e. The molecule has 0 aliphatic rings. The normalized spacial score (nSPS) is 11.6. The van der Waals surface area contributed by atoms with Crippen molar-refractivity contribution in [1.29, 1.82) is 0 Å². The van der Waals surface area contributed by atoms with E-state index >= 15 is 0 Å². The van der Waals surface area contributed by atoms with Gasteiger partial charge in [-0.05, 0) is 24.3 Å². The van der Waals surface area contributed by atoms with Crippen molar-refractivity contribution in [3.63, 3.8) is 0 Å². The van der Waals surface area contributed by atoms with Gasteiger partial charge in [0.05, 0.1) is 12.8 Å². The van der Waals surface area contributed by atoms with Crippen molar-refractivity contribution in [3.05, 3.63) is 30.3 Å². The molecule has 0 aliphatic carbocycles. The van der Waals surface area contributed by atoms with Crippen LogP contribution in [-0.4, -0.2) is 20.1 Å². The fraction of sp³-hybridized carbons (Fsp3) is 0.0909. The van der Waals surface area contributed by atoms with Gasteiger partial charge in [0.2, 0.25) is 0 Å². The van der Waals surface area contributed by atoms with Crippen molar-refractivity contribution in [2.45, 2.75) is 4.90 Å². The van der Waals surface area contributed by atoms with Crippen LogP contribution >= 0.6 is 0 Å². The summed E-state index contributed by atoms with van der Waals surface area (Å²) in [6.07, 6.45) is 0. The Morgan fingerprint density at radius 2 is 1.88 bits per heavy atom. The molecule has 0 amide bonds. The van der Waals surface area contributed by atoms with Gasteiger partial charge >= 0.3 is 0 Å². The van der Waals surface area contributed by atoms with Gasteiger partial charge in [-0.15, -0.1) is 0 Å². The second kappa shape index (κ2) is 3.90. The van der Waals surface area contributed by atoms with Crippen molar-refractivity contribution in [2.75, 3.05) is 7.11 Å². The summed E-state index contributed by atoms with van der Waals surface area (Å²) in [4.78, 5) is -0.187. The third-order valence-electron chi connectivity index (χ3n) is 2.43. The van der Waals surface area contributed by atoms with E-state index in [1.54, 1.807) is 0 Å². The van der Waals surface area contributed by atoms with Gasteiger partial charge in [-0.2, -0.15) is 8.42 Å². The molecule has 0 aliphatic heterocycles. The van der Waals surface area contributed by atoms with E-state index in [0.29, 0.717) is 16.5 Å². The Balaban J connectivity index is 2.93. The summed E-state index contributed by atoms with van der Waals surface area (Å²) in [6.45, 7) is 0. The zero-order valence-electron chi connectivity index (χ0n) is 8.97. The van der Waals surface area contributed by atoms with E-state index in [0.717, 1.165) is 0 Å². The average Bonchev–Trinajstić information content (AvgIpc) is 2.26. The van der Waals surface area contributed by atoms with Crippen molar-refractivity contribution >= 4 is 26.6 Å². The van der Waals surface area contributed by atoms with Gasteiger partial charge < -0.3 is 10.5 Å². The zero-order valence-corrected chi connectivity index (χ0v) is 9.78. The van der Waals surface area contributed by atoms with Crippen LogP contribution in [0.2, 0.25) is 0 Å². The van der Waals surface area contributed by atoms with Crippen molar-refractivity contribution < 1.29 is 17.7 Å². The van der Waals surface area contributed by atoms with Crippen molar-refractivity contribution in [1.82, 2.24) is 5.73 Å². The van der Waals surface area contributed by atoms with Crippen LogP contribution in [0.1, 0.15) is 0 Å². The average molecular weight is 252 g/mol. The summed E-state index contributed by atoms with van der Waals surface area (Å²) in [7, 11) is -2.83. The highest BCUT2D eigenvalue weighted by Gasteiger charge is 2.16. The predicted molar refractivity (Wildman–Crippen MR) is 63.1 cm³/mol. The molecule has 6 heteroatoms. The molecule has 0 fully saturated rings. The molecule has 2 N–H and O–H groups in total. The molecular formula is C11H10NO4S. The largest absolute Gasteiger partial charge is 0.496 e. The van der Waals surface area contributed by atoms with E-state index in [1.165, 1.54) is 37.4 Å². The Hall–Kier alpha value is -1.79. The van der Waals surface area contributed by atoms with E-state index in [2.05, 4.69) is 0 Å². The van der Waals surface area contributed by atoms with Crippen LogP contribution in [0.5, 0.6) is 5.75 Å². The highest BCUT2D eigenvalue weighted by atomic mass is 32.2. The molecular weight excluding hydrogens is 242 g/mol. The van der Waals surface area contributed by atoms with E-state index < -0.39 is 10.1 Å². The lowest BCUT2D eigenvalue weighted by Crippen LogP contribution is -1.99. The van der Waals surface area contributed by atoms with Crippen LogP contribution in [0.3, 0.4) is 0 Å². The molecule has 0 bridgehead atoms. The molecule has 0 atom stereocenters. The van der Waals surface area contributed by atoms with Gasteiger partial charge in [0.25, 0.3) is 10.1 Å². The van der Waals surface area contributed by atoms with Crippen LogP contribution in [0, 0.1) is 0 Å². The van der Waals surface area contributed by atoms with E-state index in [4.69, 9.17) is 15.0 Å². The highest BCUT2D eigenvalue weighted by molar-refractivity contribution is 7.86. The number of ether oxygens (including phenoxy) is 1. The maximum absolute atomic E-state index is 11.2. The summed E-state index contributed by atoms with van der Waals surface area (Å²) < 4.78 is 36.6. The van der Waals surface area contributed by atoms with Gasteiger partial charge in [0.1, 0.15) is 10.6 Å².